The van der Waals surface area contributed by atoms with E-state index in [0.717, 1.165) is 31.1 Å². The Kier molecular flexibility index (Phi) is 3.92. The van der Waals surface area contributed by atoms with Crippen LogP contribution < -0.4 is 0 Å². The van der Waals surface area contributed by atoms with E-state index in [0.29, 0.717) is 18.8 Å². The Labute approximate surface area is 122 Å². The first kappa shape index (κ1) is 13.7. The van der Waals surface area contributed by atoms with Crippen LogP contribution in [-0.4, -0.2) is 57.0 Å². The van der Waals surface area contributed by atoms with Gasteiger partial charge < -0.3 is 9.42 Å². The molecule has 0 atom stereocenters. The molecule has 0 aliphatic carbocycles. The SMILES string of the molecule is Cc1cc(CN2CCN(C(=O)c3cnccn3)CC2)on1. The minimum absolute atomic E-state index is 0.0572. The minimum Gasteiger partial charge on any atom is -0.360 e. The van der Waals surface area contributed by atoms with E-state index in [4.69, 9.17) is 4.52 Å². The van der Waals surface area contributed by atoms with Crippen molar-refractivity contribution in [3.63, 3.8) is 0 Å². The Hall–Kier alpha value is -2.28. The van der Waals surface area contributed by atoms with Gasteiger partial charge in [0.25, 0.3) is 5.91 Å². The van der Waals surface area contributed by atoms with Crippen molar-refractivity contribution in [2.75, 3.05) is 26.2 Å². The summed E-state index contributed by atoms with van der Waals surface area (Å²) in [4.78, 5) is 24.3. The summed E-state index contributed by atoms with van der Waals surface area (Å²) in [6.07, 6.45) is 4.61. The third-order valence-electron chi connectivity index (χ3n) is 3.50. The second kappa shape index (κ2) is 6.01. The average molecular weight is 287 g/mol. The van der Waals surface area contributed by atoms with Crippen LogP contribution >= 0.6 is 0 Å². The van der Waals surface area contributed by atoms with Gasteiger partial charge in [-0.3, -0.25) is 14.7 Å². The molecule has 7 heteroatoms. The highest BCUT2D eigenvalue weighted by Gasteiger charge is 2.23. The Morgan fingerprint density at radius 1 is 1.29 bits per heavy atom. The number of nitrogens with zero attached hydrogens (tertiary/aromatic N) is 5. The molecule has 2 aromatic heterocycles. The van der Waals surface area contributed by atoms with Gasteiger partial charge in [0, 0.05) is 44.6 Å². The molecule has 1 saturated heterocycles. The first-order valence-corrected chi connectivity index (χ1v) is 6.92. The molecule has 1 aliphatic rings. The minimum atomic E-state index is -0.0572. The lowest BCUT2D eigenvalue weighted by molar-refractivity contribution is 0.0611. The molecular formula is C14H17N5O2. The Morgan fingerprint density at radius 2 is 2.10 bits per heavy atom. The van der Waals surface area contributed by atoms with Crippen LogP contribution in [0.5, 0.6) is 0 Å². The third-order valence-corrected chi connectivity index (χ3v) is 3.50. The molecular weight excluding hydrogens is 270 g/mol. The molecule has 3 rings (SSSR count). The van der Waals surface area contributed by atoms with Crippen molar-refractivity contribution in [3.05, 3.63) is 41.8 Å². The summed E-state index contributed by atoms with van der Waals surface area (Å²) < 4.78 is 5.22. The fourth-order valence-electron chi connectivity index (χ4n) is 2.39. The van der Waals surface area contributed by atoms with Gasteiger partial charge in [-0.2, -0.15) is 0 Å². The molecule has 110 valence electrons. The summed E-state index contributed by atoms with van der Waals surface area (Å²) in [6, 6.07) is 1.94. The zero-order valence-corrected chi connectivity index (χ0v) is 11.9. The standard InChI is InChI=1S/C14H17N5O2/c1-11-8-12(21-17-11)10-18-4-6-19(7-5-18)14(20)13-9-15-2-3-16-13/h2-3,8-9H,4-7,10H2,1H3. The van der Waals surface area contributed by atoms with Crippen molar-refractivity contribution in [3.8, 4) is 0 Å². The van der Waals surface area contributed by atoms with E-state index in [1.165, 1.54) is 12.4 Å². The second-order valence-corrected chi connectivity index (χ2v) is 5.09. The zero-order valence-electron chi connectivity index (χ0n) is 11.9. The molecule has 2 aromatic rings. The number of piperazine rings is 1. The van der Waals surface area contributed by atoms with Gasteiger partial charge in [0.05, 0.1) is 18.4 Å². The third kappa shape index (κ3) is 3.25. The van der Waals surface area contributed by atoms with E-state index in [9.17, 15) is 4.79 Å². The van der Waals surface area contributed by atoms with Crippen molar-refractivity contribution < 1.29 is 9.32 Å². The molecule has 0 bridgehead atoms. The van der Waals surface area contributed by atoms with Crippen molar-refractivity contribution in [2.24, 2.45) is 0 Å². The van der Waals surface area contributed by atoms with Gasteiger partial charge in [-0.15, -0.1) is 0 Å². The summed E-state index contributed by atoms with van der Waals surface area (Å²) in [7, 11) is 0. The Bertz CT molecular complexity index is 605. The van der Waals surface area contributed by atoms with Crippen LogP contribution in [0.2, 0.25) is 0 Å². The topological polar surface area (TPSA) is 75.4 Å². The van der Waals surface area contributed by atoms with Gasteiger partial charge in [0.2, 0.25) is 0 Å². The van der Waals surface area contributed by atoms with Crippen molar-refractivity contribution in [1.29, 1.82) is 0 Å². The van der Waals surface area contributed by atoms with Gasteiger partial charge >= 0.3 is 0 Å². The van der Waals surface area contributed by atoms with E-state index >= 15 is 0 Å². The molecule has 1 aliphatic heterocycles. The summed E-state index contributed by atoms with van der Waals surface area (Å²) >= 11 is 0. The maximum Gasteiger partial charge on any atom is 0.274 e. The number of amides is 1. The number of aromatic nitrogens is 3. The highest BCUT2D eigenvalue weighted by Crippen LogP contribution is 2.11. The normalized spacial score (nSPS) is 16.1. The van der Waals surface area contributed by atoms with Crippen molar-refractivity contribution in [2.45, 2.75) is 13.5 Å². The fourth-order valence-corrected chi connectivity index (χ4v) is 2.39. The lowest BCUT2D eigenvalue weighted by atomic mass is 10.2. The number of carbonyl (C=O) groups is 1. The average Bonchev–Trinajstić information content (AvgIpc) is 2.93. The number of hydrogen-bond donors (Lipinski definition) is 0. The second-order valence-electron chi connectivity index (χ2n) is 5.09. The van der Waals surface area contributed by atoms with Crippen LogP contribution in [0, 0.1) is 6.92 Å². The summed E-state index contributed by atoms with van der Waals surface area (Å²) in [5.41, 5.74) is 1.29. The molecule has 7 nitrogen and oxygen atoms in total. The van der Waals surface area contributed by atoms with E-state index < -0.39 is 0 Å². The zero-order chi connectivity index (χ0) is 14.7. The van der Waals surface area contributed by atoms with Crippen LogP contribution in [0.15, 0.2) is 29.2 Å². The highest BCUT2D eigenvalue weighted by atomic mass is 16.5. The number of hydrogen-bond acceptors (Lipinski definition) is 6. The Balaban J connectivity index is 1.54. The first-order valence-electron chi connectivity index (χ1n) is 6.92. The van der Waals surface area contributed by atoms with Gasteiger partial charge in [0.1, 0.15) is 5.69 Å². The van der Waals surface area contributed by atoms with Gasteiger partial charge in [-0.05, 0) is 6.92 Å². The molecule has 21 heavy (non-hydrogen) atoms. The van der Waals surface area contributed by atoms with Crippen molar-refractivity contribution in [1.82, 2.24) is 24.9 Å². The van der Waals surface area contributed by atoms with Gasteiger partial charge in [-0.1, -0.05) is 5.16 Å². The number of rotatable bonds is 3. The van der Waals surface area contributed by atoms with Crippen LogP contribution in [-0.2, 0) is 6.54 Å². The number of aryl methyl sites for hydroxylation is 1. The molecule has 0 unspecified atom stereocenters. The Morgan fingerprint density at radius 3 is 2.71 bits per heavy atom. The quantitative estimate of drug-likeness (QED) is 0.828. The molecule has 1 fully saturated rings. The molecule has 0 radical (unpaired) electrons. The maximum absolute atomic E-state index is 12.2. The summed E-state index contributed by atoms with van der Waals surface area (Å²) in [6.45, 7) is 5.63. The monoisotopic (exact) mass is 287 g/mol. The molecule has 3 heterocycles. The largest absolute Gasteiger partial charge is 0.360 e. The van der Waals surface area contributed by atoms with Crippen LogP contribution in [0.25, 0.3) is 0 Å². The van der Waals surface area contributed by atoms with E-state index in [-0.39, 0.29) is 5.91 Å². The lowest BCUT2D eigenvalue weighted by Gasteiger charge is -2.33. The maximum atomic E-state index is 12.2. The lowest BCUT2D eigenvalue weighted by Crippen LogP contribution is -2.48. The predicted molar refractivity (Wildman–Crippen MR) is 74.5 cm³/mol. The van der Waals surface area contributed by atoms with Gasteiger partial charge in [-0.25, -0.2) is 4.98 Å². The summed E-state index contributed by atoms with van der Waals surface area (Å²) in [5.74, 6) is 0.805. The van der Waals surface area contributed by atoms with Crippen LogP contribution in [0.1, 0.15) is 21.9 Å². The smallest absolute Gasteiger partial charge is 0.274 e. The van der Waals surface area contributed by atoms with Crippen LogP contribution in [0.3, 0.4) is 0 Å². The fraction of sp³-hybridized carbons (Fsp3) is 0.429. The predicted octanol–water partition coefficient (Wildman–Crippen LogP) is 0.731. The number of carbonyl (C=O) groups excluding carboxylic acids is 1. The molecule has 0 saturated carbocycles. The van der Waals surface area contributed by atoms with E-state index in [2.05, 4.69) is 20.0 Å². The van der Waals surface area contributed by atoms with E-state index in [1.54, 1.807) is 6.20 Å². The van der Waals surface area contributed by atoms with Crippen LogP contribution in [0.4, 0.5) is 0 Å². The molecule has 0 spiro atoms. The van der Waals surface area contributed by atoms with E-state index in [1.807, 2.05) is 17.9 Å². The van der Waals surface area contributed by atoms with Crippen molar-refractivity contribution >= 4 is 5.91 Å². The molecule has 1 amide bonds. The van der Waals surface area contributed by atoms with Gasteiger partial charge in [0.15, 0.2) is 5.76 Å². The summed E-state index contributed by atoms with van der Waals surface area (Å²) in [5, 5.41) is 3.88. The molecule has 0 aromatic carbocycles. The highest BCUT2D eigenvalue weighted by molar-refractivity contribution is 5.92. The first-order chi connectivity index (χ1) is 10.2. The molecule has 0 N–H and O–H groups in total.